The lowest BCUT2D eigenvalue weighted by atomic mass is 10.1. The molecule has 6 heteroatoms. The lowest BCUT2D eigenvalue weighted by Gasteiger charge is -2.10. The fourth-order valence-corrected chi connectivity index (χ4v) is 3.78. The first-order valence-corrected chi connectivity index (χ1v) is 8.95. The van der Waals surface area contributed by atoms with Gasteiger partial charge in [-0.25, -0.2) is 0 Å². The molecule has 4 aromatic rings. The van der Waals surface area contributed by atoms with Crippen LogP contribution < -0.4 is 5.73 Å². The molecule has 4 rings (SSSR count). The molecule has 0 aliphatic heterocycles. The summed E-state index contributed by atoms with van der Waals surface area (Å²) in [6, 6.07) is 17.7. The molecule has 2 N–H and O–H groups in total. The average molecular weight is 403 g/mol. The molecule has 0 saturated carbocycles. The first-order chi connectivity index (χ1) is 12.5. The zero-order valence-corrected chi connectivity index (χ0v) is 15.7. The minimum absolute atomic E-state index is 0.446. The van der Waals surface area contributed by atoms with E-state index in [1.807, 2.05) is 28.8 Å². The van der Waals surface area contributed by atoms with Gasteiger partial charge in [0.25, 0.3) is 0 Å². The predicted molar refractivity (Wildman–Crippen MR) is 107 cm³/mol. The Morgan fingerprint density at radius 1 is 1.08 bits per heavy atom. The van der Waals surface area contributed by atoms with Crippen LogP contribution in [0.3, 0.4) is 0 Å². The van der Waals surface area contributed by atoms with Crippen LogP contribution in [0.15, 0.2) is 48.5 Å². The van der Waals surface area contributed by atoms with Crippen LogP contribution in [0.2, 0.25) is 15.1 Å². The number of nitrogens with two attached hydrogens (primary N) is 1. The monoisotopic (exact) mass is 401 g/mol. The Morgan fingerprint density at radius 2 is 1.85 bits per heavy atom. The number of fused-ring (bicyclic) bond motifs is 3. The van der Waals surface area contributed by atoms with Gasteiger partial charge in [0.05, 0.1) is 21.1 Å². The summed E-state index contributed by atoms with van der Waals surface area (Å²) < 4.78 is 2.04. The number of carbonyl (C=O) groups excluding carboxylic acids is 1. The summed E-state index contributed by atoms with van der Waals surface area (Å²) in [5.41, 5.74) is 8.59. The average Bonchev–Trinajstić information content (AvgIpc) is 2.92. The van der Waals surface area contributed by atoms with Gasteiger partial charge in [-0.2, -0.15) is 0 Å². The lowest BCUT2D eigenvalue weighted by Crippen LogP contribution is -2.11. The van der Waals surface area contributed by atoms with E-state index in [9.17, 15) is 4.79 Å². The number of primary amides is 1. The number of halogens is 3. The molecule has 3 nitrogen and oxygen atoms in total. The molecular formula is C20H12Cl3N2O. The number of aromatic nitrogens is 1. The molecule has 0 aliphatic rings. The highest BCUT2D eigenvalue weighted by molar-refractivity contribution is 6.42. The lowest BCUT2D eigenvalue weighted by molar-refractivity contribution is 0.100. The van der Waals surface area contributed by atoms with E-state index in [1.54, 1.807) is 24.3 Å². The van der Waals surface area contributed by atoms with Crippen molar-refractivity contribution in [3.8, 4) is 0 Å². The molecule has 1 amide bonds. The van der Waals surface area contributed by atoms with Crippen molar-refractivity contribution in [2.45, 2.75) is 6.54 Å². The summed E-state index contributed by atoms with van der Waals surface area (Å²) in [5.74, 6) is -0.487. The smallest absolute Gasteiger partial charge is 0.249 e. The Bertz CT molecular complexity index is 1180. The molecule has 129 valence electrons. The van der Waals surface area contributed by atoms with Crippen molar-refractivity contribution in [2.24, 2.45) is 5.73 Å². The highest BCUT2D eigenvalue weighted by Crippen LogP contribution is 2.35. The second-order valence-corrected chi connectivity index (χ2v) is 7.16. The summed E-state index contributed by atoms with van der Waals surface area (Å²) in [5, 5.41) is 3.09. The zero-order valence-electron chi connectivity index (χ0n) is 13.4. The Kier molecular flexibility index (Phi) is 4.31. The van der Waals surface area contributed by atoms with Crippen LogP contribution in [0, 0.1) is 6.07 Å². The van der Waals surface area contributed by atoms with Gasteiger partial charge in [-0.15, -0.1) is 0 Å². The molecule has 0 unspecified atom stereocenters. The quantitative estimate of drug-likeness (QED) is 0.469. The van der Waals surface area contributed by atoms with Crippen LogP contribution in [0.4, 0.5) is 0 Å². The molecule has 1 aromatic heterocycles. The van der Waals surface area contributed by atoms with Crippen molar-refractivity contribution < 1.29 is 4.79 Å². The summed E-state index contributed by atoms with van der Waals surface area (Å²) in [6.07, 6.45) is 0. The van der Waals surface area contributed by atoms with Gasteiger partial charge in [-0.3, -0.25) is 4.79 Å². The van der Waals surface area contributed by atoms with Crippen molar-refractivity contribution in [3.05, 3.63) is 80.8 Å². The highest BCUT2D eigenvalue weighted by atomic mass is 35.5. The van der Waals surface area contributed by atoms with E-state index in [4.69, 9.17) is 40.5 Å². The third-order valence-corrected chi connectivity index (χ3v) is 5.46. The van der Waals surface area contributed by atoms with E-state index in [0.29, 0.717) is 27.2 Å². The van der Waals surface area contributed by atoms with Crippen LogP contribution in [0.1, 0.15) is 15.9 Å². The normalized spacial score (nSPS) is 11.3. The molecule has 0 aliphatic carbocycles. The van der Waals surface area contributed by atoms with E-state index >= 15 is 0 Å². The van der Waals surface area contributed by atoms with Crippen LogP contribution in [-0.4, -0.2) is 10.5 Å². The van der Waals surface area contributed by atoms with Crippen LogP contribution in [-0.2, 0) is 6.54 Å². The molecule has 0 saturated heterocycles. The SMILES string of the molecule is NC(=O)c1cccc2c1c1[c]cc(Cl)cc1n2Cc1cccc(Cl)c1Cl. The maximum absolute atomic E-state index is 11.9. The van der Waals surface area contributed by atoms with E-state index in [2.05, 4.69) is 6.07 Å². The van der Waals surface area contributed by atoms with Gasteiger partial charge in [0.2, 0.25) is 5.91 Å². The van der Waals surface area contributed by atoms with Gasteiger partial charge < -0.3 is 10.3 Å². The van der Waals surface area contributed by atoms with E-state index in [-0.39, 0.29) is 0 Å². The summed E-state index contributed by atoms with van der Waals surface area (Å²) in [6.45, 7) is 0.468. The Labute approximate surface area is 164 Å². The topological polar surface area (TPSA) is 48.0 Å². The number of nitrogens with zero attached hydrogens (tertiary/aromatic N) is 1. The van der Waals surface area contributed by atoms with Crippen molar-refractivity contribution in [3.63, 3.8) is 0 Å². The minimum atomic E-state index is -0.487. The number of rotatable bonds is 3. The van der Waals surface area contributed by atoms with E-state index in [1.165, 1.54) is 0 Å². The van der Waals surface area contributed by atoms with Crippen molar-refractivity contribution >= 4 is 62.5 Å². The van der Waals surface area contributed by atoms with Crippen molar-refractivity contribution in [1.82, 2.24) is 4.57 Å². The minimum Gasteiger partial charge on any atom is -0.366 e. The van der Waals surface area contributed by atoms with E-state index in [0.717, 1.165) is 27.4 Å². The maximum atomic E-state index is 11.9. The van der Waals surface area contributed by atoms with Gasteiger partial charge in [0, 0.05) is 27.9 Å². The maximum Gasteiger partial charge on any atom is 0.249 e. The fraction of sp³-hybridized carbons (Fsp3) is 0.0500. The molecule has 1 heterocycles. The summed E-state index contributed by atoms with van der Waals surface area (Å²) >= 11 is 18.7. The van der Waals surface area contributed by atoms with E-state index < -0.39 is 5.91 Å². The fourth-order valence-electron chi connectivity index (χ4n) is 3.25. The molecule has 1 radical (unpaired) electrons. The van der Waals surface area contributed by atoms with Gasteiger partial charge in [0.1, 0.15) is 0 Å². The first-order valence-electron chi connectivity index (χ1n) is 7.82. The molecule has 26 heavy (non-hydrogen) atoms. The van der Waals surface area contributed by atoms with Gasteiger partial charge in [-0.1, -0.05) is 53.0 Å². The van der Waals surface area contributed by atoms with Crippen LogP contribution >= 0.6 is 34.8 Å². The molecule has 0 atom stereocenters. The first kappa shape index (κ1) is 17.2. The molecule has 3 aromatic carbocycles. The Morgan fingerprint density at radius 3 is 2.62 bits per heavy atom. The van der Waals surface area contributed by atoms with Crippen molar-refractivity contribution in [1.29, 1.82) is 0 Å². The standard InChI is InChI=1S/C20H12Cl3N2O/c21-12-7-8-13-17(9-12)25(10-11-3-1-5-15(22)19(11)23)16-6-2-4-14(18(13)16)20(24)26/h1-7,9H,10H2,(H2,24,26). The summed E-state index contributed by atoms with van der Waals surface area (Å²) in [7, 11) is 0. The largest absolute Gasteiger partial charge is 0.366 e. The zero-order chi connectivity index (χ0) is 18.4. The number of hydrogen-bond acceptors (Lipinski definition) is 1. The van der Waals surface area contributed by atoms with Crippen LogP contribution in [0.5, 0.6) is 0 Å². The van der Waals surface area contributed by atoms with Gasteiger partial charge >= 0.3 is 0 Å². The molecule has 0 spiro atoms. The number of benzene rings is 3. The molecular weight excluding hydrogens is 391 g/mol. The van der Waals surface area contributed by atoms with Gasteiger partial charge in [-0.05, 0) is 42.0 Å². The predicted octanol–water partition coefficient (Wildman–Crippen LogP) is 5.70. The summed E-state index contributed by atoms with van der Waals surface area (Å²) in [4.78, 5) is 11.9. The highest BCUT2D eigenvalue weighted by Gasteiger charge is 2.18. The number of carbonyl (C=O) groups is 1. The number of amides is 1. The number of hydrogen-bond donors (Lipinski definition) is 1. The third-order valence-electron chi connectivity index (χ3n) is 4.38. The Balaban J connectivity index is 2.07. The molecule has 0 bridgehead atoms. The third kappa shape index (κ3) is 2.73. The van der Waals surface area contributed by atoms with Crippen molar-refractivity contribution in [2.75, 3.05) is 0 Å². The molecule has 0 fully saturated rings. The van der Waals surface area contributed by atoms with Crippen LogP contribution in [0.25, 0.3) is 21.8 Å². The second-order valence-electron chi connectivity index (χ2n) is 5.94. The van der Waals surface area contributed by atoms with Gasteiger partial charge in [0.15, 0.2) is 0 Å². The Hall–Kier alpha value is -2.20. The second kappa shape index (κ2) is 6.51.